The third-order valence-electron chi connectivity index (χ3n) is 5.33. The highest BCUT2D eigenvalue weighted by Gasteiger charge is 2.19. The van der Waals surface area contributed by atoms with E-state index in [1.807, 2.05) is 52.8 Å². The molecule has 0 radical (unpaired) electrons. The maximum atomic E-state index is 12.3. The number of hydrogen-bond donors (Lipinski definition) is 1. The monoisotopic (exact) mass is 667 g/mol. The molecule has 13 heteroatoms. The van der Waals surface area contributed by atoms with Crippen molar-refractivity contribution >= 4 is 44.6 Å². The van der Waals surface area contributed by atoms with E-state index in [0.29, 0.717) is 40.4 Å². The van der Waals surface area contributed by atoms with Crippen molar-refractivity contribution in [3.63, 3.8) is 0 Å². The lowest BCUT2D eigenvalue weighted by atomic mass is 10.1. The number of alkyl halides is 1. The molecular formula is C31H38BrN7O5. The molecule has 12 nitrogen and oxygen atoms in total. The van der Waals surface area contributed by atoms with Gasteiger partial charge in [0, 0.05) is 23.3 Å². The van der Waals surface area contributed by atoms with Gasteiger partial charge in [0.25, 0.3) is 0 Å². The zero-order valence-corrected chi connectivity index (χ0v) is 27.9. The van der Waals surface area contributed by atoms with E-state index in [4.69, 9.17) is 14.2 Å². The summed E-state index contributed by atoms with van der Waals surface area (Å²) >= 11 is 2.99. The molecule has 1 N–H and O–H groups in total. The third-order valence-corrected chi connectivity index (χ3v) is 5.79. The van der Waals surface area contributed by atoms with Gasteiger partial charge in [-0.15, -0.1) is 0 Å². The molecule has 0 fully saturated rings. The van der Waals surface area contributed by atoms with Gasteiger partial charge in [0.1, 0.15) is 39.9 Å². The number of esters is 2. The van der Waals surface area contributed by atoms with E-state index in [0.717, 1.165) is 17.0 Å². The van der Waals surface area contributed by atoms with Gasteiger partial charge in [-0.25, -0.2) is 24.7 Å². The molecule has 3 heterocycles. The summed E-state index contributed by atoms with van der Waals surface area (Å²) in [4.78, 5) is 40.5. The first-order chi connectivity index (χ1) is 20.6. The summed E-state index contributed by atoms with van der Waals surface area (Å²) in [6.07, 6.45) is 4.92. The number of hydrogen-bond acceptors (Lipinski definition) is 12. The first-order valence-corrected chi connectivity index (χ1v) is 15.0. The molecule has 3 aromatic heterocycles. The van der Waals surface area contributed by atoms with Crippen molar-refractivity contribution in [2.24, 2.45) is 0 Å². The fourth-order valence-electron chi connectivity index (χ4n) is 3.63. The molecule has 0 atom stereocenters. The highest BCUT2D eigenvalue weighted by atomic mass is 79.9. The first kappa shape index (κ1) is 34.2. The summed E-state index contributed by atoms with van der Waals surface area (Å²) in [6, 6.07) is 7.46. The normalized spacial score (nSPS) is 11.3. The number of ether oxygens (including phenoxy) is 3. The van der Waals surface area contributed by atoms with Crippen LogP contribution in [0.4, 0.5) is 5.82 Å². The number of anilines is 1. The molecule has 234 valence electrons. The average molecular weight is 669 g/mol. The number of halogens is 1. The summed E-state index contributed by atoms with van der Waals surface area (Å²) in [5, 5.41) is 12.5. The SMILES string of the molecule is CC(C)(C)OC(=O)CBr.Cc1cnc(-c2cc(OCC(=O)OC(C)(C)C)c3ncnc(NCc4ccc(C)nn4)c3c2)nc1. The van der Waals surface area contributed by atoms with Crippen molar-refractivity contribution in [2.45, 2.75) is 73.1 Å². The molecular weight excluding hydrogens is 630 g/mol. The second-order valence-corrected chi connectivity index (χ2v) is 12.4. The van der Waals surface area contributed by atoms with Crippen LogP contribution in [0.5, 0.6) is 5.75 Å². The first-order valence-electron chi connectivity index (χ1n) is 13.9. The van der Waals surface area contributed by atoms with Crippen LogP contribution in [0.3, 0.4) is 0 Å². The van der Waals surface area contributed by atoms with E-state index in [1.165, 1.54) is 6.33 Å². The third kappa shape index (κ3) is 11.1. The van der Waals surface area contributed by atoms with Crippen LogP contribution in [0.1, 0.15) is 58.5 Å². The second kappa shape index (κ2) is 15.0. The lowest BCUT2D eigenvalue weighted by molar-refractivity contribution is -0.157. The summed E-state index contributed by atoms with van der Waals surface area (Å²) in [7, 11) is 0. The van der Waals surface area contributed by atoms with E-state index in [-0.39, 0.29) is 23.5 Å². The quantitative estimate of drug-likeness (QED) is 0.185. The Morgan fingerprint density at radius 2 is 1.52 bits per heavy atom. The number of aromatic nitrogens is 6. The molecule has 0 aliphatic heterocycles. The fraction of sp³-hybridized carbons (Fsp3) is 0.419. The van der Waals surface area contributed by atoms with Crippen molar-refractivity contribution in [3.05, 3.63) is 59.9 Å². The maximum absolute atomic E-state index is 12.3. The number of carbonyl (C=O) groups excluding carboxylic acids is 2. The largest absolute Gasteiger partial charge is 0.480 e. The van der Waals surface area contributed by atoms with Gasteiger partial charge in [-0.05, 0) is 85.2 Å². The molecule has 0 unspecified atom stereocenters. The molecule has 1 aromatic carbocycles. The Morgan fingerprint density at radius 1 is 0.864 bits per heavy atom. The molecule has 0 bridgehead atoms. The predicted octanol–water partition coefficient (Wildman–Crippen LogP) is 5.55. The molecule has 4 aromatic rings. The van der Waals surface area contributed by atoms with Gasteiger partial charge >= 0.3 is 11.9 Å². The van der Waals surface area contributed by atoms with Crippen LogP contribution in [-0.2, 0) is 25.6 Å². The van der Waals surface area contributed by atoms with E-state index in [1.54, 1.807) is 39.2 Å². The van der Waals surface area contributed by atoms with Crippen LogP contribution in [0.15, 0.2) is 43.0 Å². The van der Waals surface area contributed by atoms with Crippen molar-refractivity contribution in [1.82, 2.24) is 30.1 Å². The van der Waals surface area contributed by atoms with Crippen molar-refractivity contribution in [2.75, 3.05) is 17.3 Å². The van der Waals surface area contributed by atoms with Crippen LogP contribution >= 0.6 is 15.9 Å². The van der Waals surface area contributed by atoms with Crippen LogP contribution in [-0.4, -0.2) is 65.2 Å². The highest BCUT2D eigenvalue weighted by molar-refractivity contribution is 9.09. The van der Waals surface area contributed by atoms with E-state index in [2.05, 4.69) is 51.4 Å². The Labute approximate surface area is 265 Å². The van der Waals surface area contributed by atoms with Crippen LogP contribution in [0, 0.1) is 13.8 Å². The van der Waals surface area contributed by atoms with Gasteiger partial charge in [-0.1, -0.05) is 15.9 Å². The van der Waals surface area contributed by atoms with Gasteiger partial charge in [0.2, 0.25) is 0 Å². The summed E-state index contributed by atoms with van der Waals surface area (Å²) < 4.78 is 16.1. The Hall–Kier alpha value is -4.26. The van der Waals surface area contributed by atoms with E-state index < -0.39 is 11.6 Å². The lowest BCUT2D eigenvalue weighted by Gasteiger charge is -2.20. The van der Waals surface area contributed by atoms with Crippen molar-refractivity contribution in [1.29, 1.82) is 0 Å². The fourth-order valence-corrected chi connectivity index (χ4v) is 3.74. The second-order valence-electron chi connectivity index (χ2n) is 11.8. The van der Waals surface area contributed by atoms with Crippen LogP contribution in [0.25, 0.3) is 22.3 Å². The van der Waals surface area contributed by atoms with Crippen molar-refractivity contribution in [3.8, 4) is 17.1 Å². The van der Waals surface area contributed by atoms with Gasteiger partial charge in [0.05, 0.1) is 17.9 Å². The molecule has 0 aliphatic carbocycles. The molecule has 0 saturated carbocycles. The Morgan fingerprint density at radius 3 is 2.09 bits per heavy atom. The van der Waals surface area contributed by atoms with Gasteiger partial charge in [-0.2, -0.15) is 10.2 Å². The molecule has 44 heavy (non-hydrogen) atoms. The minimum absolute atomic E-state index is 0.220. The van der Waals surface area contributed by atoms with Crippen molar-refractivity contribution < 1.29 is 23.8 Å². The predicted molar refractivity (Wildman–Crippen MR) is 170 cm³/mol. The molecule has 0 amide bonds. The molecule has 4 rings (SSSR count). The summed E-state index contributed by atoms with van der Waals surface area (Å²) in [5.74, 6) is 0.788. The Kier molecular flexibility index (Phi) is 11.6. The number of nitrogens with zero attached hydrogens (tertiary/aromatic N) is 6. The molecule has 0 spiro atoms. The van der Waals surface area contributed by atoms with Gasteiger partial charge < -0.3 is 19.5 Å². The number of rotatable bonds is 8. The zero-order valence-electron chi connectivity index (χ0n) is 26.3. The summed E-state index contributed by atoms with van der Waals surface area (Å²) in [5.41, 5.74) is 2.82. The smallest absolute Gasteiger partial charge is 0.344 e. The topological polar surface area (TPSA) is 151 Å². The highest BCUT2D eigenvalue weighted by Crippen LogP contribution is 2.33. The lowest BCUT2D eigenvalue weighted by Crippen LogP contribution is -2.27. The number of aryl methyl sites for hydroxylation is 2. The number of carbonyl (C=O) groups is 2. The van der Waals surface area contributed by atoms with E-state index in [9.17, 15) is 9.59 Å². The molecule has 0 saturated heterocycles. The zero-order chi connectivity index (χ0) is 32.5. The van der Waals surface area contributed by atoms with Crippen LogP contribution in [0.2, 0.25) is 0 Å². The Bertz CT molecular complexity index is 1570. The van der Waals surface area contributed by atoms with Crippen LogP contribution < -0.4 is 10.1 Å². The number of fused-ring (bicyclic) bond motifs is 1. The number of nitrogens with one attached hydrogen (secondary N) is 1. The van der Waals surface area contributed by atoms with Gasteiger partial charge in [-0.3, -0.25) is 4.79 Å². The maximum Gasteiger partial charge on any atom is 0.344 e. The molecule has 0 aliphatic rings. The van der Waals surface area contributed by atoms with Gasteiger partial charge in [0.15, 0.2) is 12.4 Å². The number of benzene rings is 1. The van der Waals surface area contributed by atoms with E-state index >= 15 is 0 Å². The minimum atomic E-state index is -0.613. The Balaban J connectivity index is 0.000000512. The standard InChI is InChI=1S/C25H27N7O3.C6H11BrO2/c1-15-10-26-23(27-11-15)17-8-19-22(20(9-17)34-13-21(33)35-25(3,4)5)29-14-30-24(19)28-12-18-7-6-16(2)31-32-18;1-6(2,3)9-5(8)4-7/h6-11,14H,12-13H2,1-5H3,(H,28,29,30);4H2,1-3H3. The average Bonchev–Trinajstić information content (AvgIpc) is 2.94. The minimum Gasteiger partial charge on any atom is -0.480 e. The summed E-state index contributed by atoms with van der Waals surface area (Å²) in [6.45, 7) is 14.9.